The van der Waals surface area contributed by atoms with Gasteiger partial charge in [0.1, 0.15) is 0 Å². The maximum atomic E-state index is 14.5. The molecule has 1 aliphatic carbocycles. The summed E-state index contributed by atoms with van der Waals surface area (Å²) in [6.45, 7) is 9.87. The van der Waals surface area contributed by atoms with Gasteiger partial charge in [0.2, 0.25) is 0 Å². The Kier molecular flexibility index (Phi) is 8.87. The van der Waals surface area contributed by atoms with Gasteiger partial charge in [-0.15, -0.1) is 6.58 Å². The first-order valence-electron chi connectivity index (χ1n) is 11.5. The van der Waals surface area contributed by atoms with Crippen LogP contribution in [0.5, 0.6) is 0 Å². The van der Waals surface area contributed by atoms with Crippen molar-refractivity contribution in [3.05, 3.63) is 84.5 Å². The van der Waals surface area contributed by atoms with Gasteiger partial charge in [0.15, 0.2) is 0 Å². The molecule has 0 N–H and O–H groups in total. The van der Waals surface area contributed by atoms with Crippen molar-refractivity contribution in [1.82, 2.24) is 0 Å². The van der Waals surface area contributed by atoms with Gasteiger partial charge in [0, 0.05) is 0 Å². The minimum atomic E-state index is -0.158. The molecule has 1 saturated carbocycles. The number of halogens is 1. The van der Waals surface area contributed by atoms with Crippen LogP contribution in [0.2, 0.25) is 0 Å². The standard InChI is InChI=1S/C28H34BF/c1-3-4-5-6-7-9-12-22(2)25-18-24(17-23-13-10-8-11-14-23)19-26(20-25)27-15-16-29-21-28(27)30/h3,6-7,15-16,18-21,23H,1-2,4-5,8-14,17H2/b7-6+. The molecule has 0 atom stereocenters. The summed E-state index contributed by atoms with van der Waals surface area (Å²) in [5, 5.41) is 0. The van der Waals surface area contributed by atoms with Crippen molar-refractivity contribution in [1.29, 1.82) is 0 Å². The Morgan fingerprint density at radius 2 is 1.87 bits per heavy atom. The van der Waals surface area contributed by atoms with Crippen LogP contribution < -0.4 is 0 Å². The van der Waals surface area contributed by atoms with Crippen LogP contribution in [0.1, 0.15) is 68.9 Å². The third-order valence-corrected chi connectivity index (χ3v) is 6.15. The summed E-state index contributed by atoms with van der Waals surface area (Å²) in [6.07, 6.45) is 18.2. The molecule has 0 spiro atoms. The van der Waals surface area contributed by atoms with Crippen LogP contribution in [0.15, 0.2) is 67.6 Å². The molecular weight excluding hydrogens is 366 g/mol. The Labute approximate surface area is 182 Å². The molecular formula is C28H34BF. The van der Waals surface area contributed by atoms with Crippen LogP contribution in [0, 0.1) is 11.7 Å². The van der Waals surface area contributed by atoms with Gasteiger partial charge in [-0.1, -0.05) is 6.08 Å². The topological polar surface area (TPSA) is 0 Å². The van der Waals surface area contributed by atoms with E-state index in [4.69, 9.17) is 0 Å². The zero-order valence-corrected chi connectivity index (χ0v) is 18.2. The fraction of sp³-hybridized carbons (Fsp3) is 0.393. The summed E-state index contributed by atoms with van der Waals surface area (Å²) >= 11 is 0. The SMILES string of the molecule is C=CCC/C=C/CCC(=C)c1cc(CC2CCCCC2)cc(-c2ccbcc2F)c1. The van der Waals surface area contributed by atoms with Crippen LogP contribution in [-0.2, 0) is 6.42 Å². The molecule has 156 valence electrons. The molecule has 3 rings (SSSR count). The second-order valence-corrected chi connectivity index (χ2v) is 8.59. The quantitative estimate of drug-likeness (QED) is 0.278. The summed E-state index contributed by atoms with van der Waals surface area (Å²) in [4.78, 5) is 0. The van der Waals surface area contributed by atoms with Crippen molar-refractivity contribution in [2.45, 2.75) is 64.2 Å². The van der Waals surface area contributed by atoms with Crippen molar-refractivity contribution >= 4 is 12.5 Å². The predicted octanol–water partition coefficient (Wildman–Crippen LogP) is 8.27. The molecule has 0 bridgehead atoms. The molecule has 0 aliphatic heterocycles. The Morgan fingerprint density at radius 1 is 1.07 bits per heavy atom. The van der Waals surface area contributed by atoms with E-state index in [1.807, 2.05) is 18.1 Å². The molecule has 0 radical (unpaired) electrons. The summed E-state index contributed by atoms with van der Waals surface area (Å²) in [7, 11) is 0. The second kappa shape index (κ2) is 11.8. The Balaban J connectivity index is 1.80. The summed E-state index contributed by atoms with van der Waals surface area (Å²) < 4.78 is 14.5. The zero-order valence-electron chi connectivity index (χ0n) is 18.2. The van der Waals surface area contributed by atoms with E-state index in [0.717, 1.165) is 54.7 Å². The number of hydrogen-bond donors (Lipinski definition) is 0. The van der Waals surface area contributed by atoms with Crippen LogP contribution in [0.4, 0.5) is 4.39 Å². The van der Waals surface area contributed by atoms with E-state index >= 15 is 0 Å². The predicted molar refractivity (Wildman–Crippen MR) is 130 cm³/mol. The van der Waals surface area contributed by atoms with Gasteiger partial charge in [-0.3, -0.25) is 0 Å². The van der Waals surface area contributed by atoms with E-state index < -0.39 is 0 Å². The van der Waals surface area contributed by atoms with Crippen LogP contribution in [-0.4, -0.2) is 6.91 Å². The molecule has 1 heterocycles. The molecule has 0 unspecified atom stereocenters. The van der Waals surface area contributed by atoms with E-state index in [0.29, 0.717) is 5.56 Å². The first kappa shape index (κ1) is 22.5. The monoisotopic (exact) mass is 400 g/mol. The van der Waals surface area contributed by atoms with Crippen molar-refractivity contribution < 1.29 is 4.39 Å². The first-order valence-corrected chi connectivity index (χ1v) is 11.5. The molecule has 1 aromatic carbocycles. The first-order chi connectivity index (χ1) is 14.7. The van der Waals surface area contributed by atoms with Crippen LogP contribution in [0.3, 0.4) is 0 Å². The molecule has 1 fully saturated rings. The van der Waals surface area contributed by atoms with Crippen molar-refractivity contribution in [2.75, 3.05) is 0 Å². The molecule has 30 heavy (non-hydrogen) atoms. The van der Waals surface area contributed by atoms with Crippen molar-refractivity contribution in [3.63, 3.8) is 0 Å². The van der Waals surface area contributed by atoms with Gasteiger partial charge in [-0.2, -0.15) is 0 Å². The normalized spacial score (nSPS) is 14.7. The Bertz CT molecular complexity index is 874. The third kappa shape index (κ3) is 6.66. The molecule has 0 amide bonds. The van der Waals surface area contributed by atoms with Gasteiger partial charge in [-0.05, 0) is 6.42 Å². The van der Waals surface area contributed by atoms with E-state index in [2.05, 4.69) is 43.5 Å². The van der Waals surface area contributed by atoms with Gasteiger partial charge < -0.3 is 0 Å². The van der Waals surface area contributed by atoms with Gasteiger partial charge in [-0.25, -0.2) is 0 Å². The molecule has 2 aromatic rings. The minimum absolute atomic E-state index is 0.158. The average Bonchev–Trinajstić information content (AvgIpc) is 2.77. The van der Waals surface area contributed by atoms with E-state index in [1.54, 1.807) is 12.9 Å². The van der Waals surface area contributed by atoms with Crippen molar-refractivity contribution in [3.8, 4) is 11.1 Å². The number of allylic oxidation sites excluding steroid dienone is 4. The molecule has 1 aliphatic rings. The van der Waals surface area contributed by atoms with Crippen LogP contribution >= 0.6 is 0 Å². The summed E-state index contributed by atoms with van der Waals surface area (Å²) in [6, 6.07) is 8.48. The number of hydrogen-bond acceptors (Lipinski definition) is 0. The maximum absolute atomic E-state index is 14.5. The zero-order chi connectivity index (χ0) is 21.2. The summed E-state index contributed by atoms with van der Waals surface area (Å²) in [5.74, 6) is 4.05. The van der Waals surface area contributed by atoms with Gasteiger partial charge in [0.25, 0.3) is 0 Å². The van der Waals surface area contributed by atoms with E-state index in [-0.39, 0.29) is 5.82 Å². The fourth-order valence-corrected chi connectivity index (χ4v) is 4.44. The average molecular weight is 400 g/mol. The third-order valence-electron chi connectivity index (χ3n) is 6.15. The molecule has 2 heteroatoms. The van der Waals surface area contributed by atoms with E-state index in [9.17, 15) is 4.39 Å². The van der Waals surface area contributed by atoms with E-state index in [1.165, 1.54) is 37.7 Å². The summed E-state index contributed by atoms with van der Waals surface area (Å²) in [5.41, 5.74) is 5.26. The van der Waals surface area contributed by atoms with Crippen molar-refractivity contribution in [2.24, 2.45) is 5.92 Å². The number of rotatable bonds is 10. The number of benzene rings is 1. The van der Waals surface area contributed by atoms with Gasteiger partial charge >= 0.3 is 164 Å². The molecule has 0 saturated heterocycles. The van der Waals surface area contributed by atoms with Crippen LogP contribution in [0.25, 0.3) is 16.7 Å². The second-order valence-electron chi connectivity index (χ2n) is 8.59. The Morgan fingerprint density at radius 3 is 2.63 bits per heavy atom. The molecule has 0 nitrogen and oxygen atoms in total. The Hall–Kier alpha value is -2.22. The fourth-order valence-electron chi connectivity index (χ4n) is 4.44. The van der Waals surface area contributed by atoms with Gasteiger partial charge in [0.05, 0.1) is 0 Å². The molecule has 1 aromatic heterocycles. The number of unbranched alkanes of at least 4 members (excludes halogenated alkanes) is 1.